The molecule has 0 saturated heterocycles. The number of ether oxygens (including phenoxy) is 3. The highest BCUT2D eigenvalue weighted by Crippen LogP contribution is 2.06. The van der Waals surface area contributed by atoms with E-state index in [0.29, 0.717) is 6.61 Å². The van der Waals surface area contributed by atoms with Gasteiger partial charge in [0.2, 0.25) is 0 Å². The predicted molar refractivity (Wildman–Crippen MR) is 62.5 cm³/mol. The van der Waals surface area contributed by atoms with E-state index in [2.05, 4.69) is 0 Å². The Morgan fingerprint density at radius 1 is 1.00 bits per heavy atom. The monoisotopic (exact) mass is 246 g/mol. The summed E-state index contributed by atoms with van der Waals surface area (Å²) in [6.45, 7) is 9.08. The second kappa shape index (κ2) is 8.06. The molecule has 1 atom stereocenters. The molecule has 0 aliphatic rings. The van der Waals surface area contributed by atoms with E-state index in [-0.39, 0.29) is 18.6 Å². The molecule has 5 heteroatoms. The first-order valence-electron chi connectivity index (χ1n) is 5.88. The van der Waals surface area contributed by atoms with Crippen LogP contribution in [0.3, 0.4) is 0 Å². The van der Waals surface area contributed by atoms with E-state index in [1.807, 2.05) is 0 Å². The lowest BCUT2D eigenvalue weighted by Gasteiger charge is -2.17. The zero-order chi connectivity index (χ0) is 13.4. The zero-order valence-electron chi connectivity index (χ0n) is 11.2. The highest BCUT2D eigenvalue weighted by Gasteiger charge is 2.25. The van der Waals surface area contributed by atoms with Crippen molar-refractivity contribution in [3.63, 3.8) is 0 Å². The van der Waals surface area contributed by atoms with Gasteiger partial charge in [-0.15, -0.1) is 0 Å². The molecule has 0 aliphatic heterocycles. The molecule has 0 saturated carbocycles. The SMILES string of the molecule is CCO[C@H](CC(=O)OC(C)C)C(=O)OC(C)C. The van der Waals surface area contributed by atoms with Gasteiger partial charge in [-0.1, -0.05) is 0 Å². The van der Waals surface area contributed by atoms with Crippen molar-refractivity contribution < 1.29 is 23.8 Å². The summed E-state index contributed by atoms with van der Waals surface area (Å²) in [5.41, 5.74) is 0. The minimum absolute atomic E-state index is 0.114. The summed E-state index contributed by atoms with van der Waals surface area (Å²) in [5.74, 6) is -0.985. The van der Waals surface area contributed by atoms with Crippen molar-refractivity contribution in [2.24, 2.45) is 0 Å². The summed E-state index contributed by atoms with van der Waals surface area (Å²) in [6.07, 6.45) is -1.43. The van der Waals surface area contributed by atoms with Crippen molar-refractivity contribution in [1.29, 1.82) is 0 Å². The molecule has 0 spiro atoms. The molecule has 0 unspecified atom stereocenters. The minimum atomic E-state index is -0.881. The summed E-state index contributed by atoms with van der Waals surface area (Å²) in [7, 11) is 0. The number of carbonyl (C=O) groups is 2. The first-order valence-corrected chi connectivity index (χ1v) is 5.88. The van der Waals surface area contributed by atoms with E-state index in [1.54, 1.807) is 34.6 Å². The highest BCUT2D eigenvalue weighted by atomic mass is 16.6. The number of hydrogen-bond donors (Lipinski definition) is 0. The van der Waals surface area contributed by atoms with Gasteiger partial charge in [0.15, 0.2) is 6.10 Å². The Hall–Kier alpha value is -1.10. The zero-order valence-corrected chi connectivity index (χ0v) is 11.2. The lowest BCUT2D eigenvalue weighted by atomic mass is 10.2. The number of hydrogen-bond acceptors (Lipinski definition) is 5. The van der Waals surface area contributed by atoms with Gasteiger partial charge in [-0.25, -0.2) is 4.79 Å². The summed E-state index contributed by atoms with van der Waals surface area (Å²) < 4.78 is 15.1. The fourth-order valence-electron chi connectivity index (χ4n) is 1.18. The third-order valence-electron chi connectivity index (χ3n) is 1.70. The smallest absolute Gasteiger partial charge is 0.336 e. The Kier molecular flexibility index (Phi) is 7.54. The topological polar surface area (TPSA) is 61.8 Å². The van der Waals surface area contributed by atoms with Gasteiger partial charge in [-0.2, -0.15) is 0 Å². The van der Waals surface area contributed by atoms with Crippen LogP contribution in [0.15, 0.2) is 0 Å². The lowest BCUT2D eigenvalue weighted by Crippen LogP contribution is -2.32. The molecule has 100 valence electrons. The molecular formula is C12H22O5. The summed E-state index contributed by atoms with van der Waals surface area (Å²) in [4.78, 5) is 23.0. The van der Waals surface area contributed by atoms with E-state index < -0.39 is 18.0 Å². The average Bonchev–Trinajstić information content (AvgIpc) is 2.14. The molecule has 0 aromatic heterocycles. The van der Waals surface area contributed by atoms with Crippen molar-refractivity contribution >= 4 is 11.9 Å². The van der Waals surface area contributed by atoms with Crippen LogP contribution >= 0.6 is 0 Å². The molecular weight excluding hydrogens is 224 g/mol. The van der Waals surface area contributed by atoms with Gasteiger partial charge >= 0.3 is 11.9 Å². The second-order valence-corrected chi connectivity index (χ2v) is 4.17. The summed E-state index contributed by atoms with van der Waals surface area (Å²) in [5, 5.41) is 0. The van der Waals surface area contributed by atoms with E-state index in [1.165, 1.54) is 0 Å². The molecule has 0 radical (unpaired) electrons. The van der Waals surface area contributed by atoms with E-state index in [9.17, 15) is 9.59 Å². The third kappa shape index (κ3) is 7.74. The van der Waals surface area contributed by atoms with Gasteiger partial charge in [0.25, 0.3) is 0 Å². The van der Waals surface area contributed by atoms with Gasteiger partial charge in [0.05, 0.1) is 18.6 Å². The van der Waals surface area contributed by atoms with Crippen LogP contribution in [0.2, 0.25) is 0 Å². The van der Waals surface area contributed by atoms with Crippen LogP contribution in [-0.2, 0) is 23.8 Å². The van der Waals surface area contributed by atoms with Crippen LogP contribution in [0.25, 0.3) is 0 Å². The molecule has 5 nitrogen and oxygen atoms in total. The van der Waals surface area contributed by atoms with Gasteiger partial charge in [-0.3, -0.25) is 4.79 Å². The molecule has 17 heavy (non-hydrogen) atoms. The van der Waals surface area contributed by atoms with E-state index in [0.717, 1.165) is 0 Å². The minimum Gasteiger partial charge on any atom is -0.463 e. The van der Waals surface area contributed by atoms with Crippen LogP contribution in [0.5, 0.6) is 0 Å². The largest absolute Gasteiger partial charge is 0.463 e. The molecule has 0 amide bonds. The Labute approximate surface area is 102 Å². The molecule has 0 heterocycles. The molecule has 0 fully saturated rings. The van der Waals surface area contributed by atoms with Gasteiger partial charge in [0.1, 0.15) is 0 Å². The highest BCUT2D eigenvalue weighted by molar-refractivity contribution is 5.82. The molecule has 0 N–H and O–H groups in total. The summed E-state index contributed by atoms with van der Waals surface area (Å²) >= 11 is 0. The average molecular weight is 246 g/mol. The van der Waals surface area contributed by atoms with Crippen LogP contribution in [0.4, 0.5) is 0 Å². The van der Waals surface area contributed by atoms with Crippen molar-refractivity contribution in [1.82, 2.24) is 0 Å². The van der Waals surface area contributed by atoms with E-state index in [4.69, 9.17) is 14.2 Å². The maximum atomic E-state index is 11.6. The van der Waals surface area contributed by atoms with Crippen molar-refractivity contribution in [2.75, 3.05) is 6.61 Å². The fourth-order valence-corrected chi connectivity index (χ4v) is 1.18. The van der Waals surface area contributed by atoms with Crippen LogP contribution < -0.4 is 0 Å². The van der Waals surface area contributed by atoms with Crippen LogP contribution in [-0.4, -0.2) is 36.9 Å². The second-order valence-electron chi connectivity index (χ2n) is 4.17. The molecule has 0 bridgehead atoms. The molecule has 0 aliphatic carbocycles. The van der Waals surface area contributed by atoms with Gasteiger partial charge in [-0.05, 0) is 34.6 Å². The third-order valence-corrected chi connectivity index (χ3v) is 1.70. The first kappa shape index (κ1) is 15.9. The Morgan fingerprint density at radius 3 is 1.94 bits per heavy atom. The Balaban J connectivity index is 4.31. The summed E-state index contributed by atoms with van der Waals surface area (Å²) in [6, 6.07) is 0. The Bertz CT molecular complexity index is 247. The van der Waals surface area contributed by atoms with Crippen molar-refractivity contribution in [2.45, 2.75) is 59.4 Å². The Morgan fingerprint density at radius 2 is 1.53 bits per heavy atom. The maximum Gasteiger partial charge on any atom is 0.336 e. The quantitative estimate of drug-likeness (QED) is 0.640. The van der Waals surface area contributed by atoms with Crippen LogP contribution in [0, 0.1) is 0 Å². The normalized spacial score (nSPS) is 12.6. The van der Waals surface area contributed by atoms with Crippen molar-refractivity contribution in [3.05, 3.63) is 0 Å². The van der Waals surface area contributed by atoms with Crippen molar-refractivity contribution in [3.8, 4) is 0 Å². The lowest BCUT2D eigenvalue weighted by molar-refractivity contribution is -0.167. The fraction of sp³-hybridized carbons (Fsp3) is 0.833. The molecule has 0 rings (SSSR count). The number of carbonyl (C=O) groups excluding carboxylic acids is 2. The predicted octanol–water partition coefficient (Wildman–Crippen LogP) is 1.68. The van der Waals surface area contributed by atoms with E-state index >= 15 is 0 Å². The number of esters is 2. The first-order chi connectivity index (χ1) is 7.86. The van der Waals surface area contributed by atoms with Crippen LogP contribution in [0.1, 0.15) is 41.0 Å². The maximum absolute atomic E-state index is 11.6. The number of rotatable bonds is 7. The standard InChI is InChI=1S/C12H22O5/c1-6-15-10(12(14)17-9(4)5)7-11(13)16-8(2)3/h8-10H,6-7H2,1-5H3/t10-/m1/s1. The van der Waals surface area contributed by atoms with Gasteiger partial charge < -0.3 is 14.2 Å². The van der Waals surface area contributed by atoms with Gasteiger partial charge in [0, 0.05) is 6.61 Å². The molecule has 0 aromatic rings. The molecule has 0 aromatic carbocycles.